The van der Waals surface area contributed by atoms with Crippen LogP contribution in [0.15, 0.2) is 18.2 Å². The molecule has 2 aromatic heterocycles. The van der Waals surface area contributed by atoms with Crippen molar-refractivity contribution >= 4 is 5.97 Å². The lowest BCUT2D eigenvalue weighted by Gasteiger charge is -2.01. The summed E-state index contributed by atoms with van der Waals surface area (Å²) in [6.45, 7) is 1.56. The molecule has 0 bridgehead atoms. The highest BCUT2D eigenvalue weighted by molar-refractivity contribution is 5.67. The number of aliphatic carboxylic acids is 1. The van der Waals surface area contributed by atoms with Crippen LogP contribution in [0.1, 0.15) is 5.69 Å². The van der Waals surface area contributed by atoms with Crippen LogP contribution < -0.4 is 0 Å². The quantitative estimate of drug-likeness (QED) is 0.788. The van der Waals surface area contributed by atoms with E-state index >= 15 is 0 Å². The van der Waals surface area contributed by atoms with E-state index in [9.17, 15) is 4.79 Å². The van der Waals surface area contributed by atoms with Crippen LogP contribution in [0.25, 0.3) is 11.5 Å². The molecule has 0 aliphatic heterocycles. The zero-order chi connectivity index (χ0) is 11.5. The zero-order valence-corrected chi connectivity index (χ0v) is 8.53. The number of pyridine rings is 1. The van der Waals surface area contributed by atoms with E-state index in [2.05, 4.69) is 20.5 Å². The molecular weight excluding hydrogens is 210 g/mol. The molecule has 0 aliphatic carbocycles. The summed E-state index contributed by atoms with van der Waals surface area (Å²) >= 11 is 0. The van der Waals surface area contributed by atoms with Gasteiger partial charge in [0.25, 0.3) is 0 Å². The van der Waals surface area contributed by atoms with E-state index in [1.165, 1.54) is 4.68 Å². The Labute approximate surface area is 90.7 Å². The van der Waals surface area contributed by atoms with E-state index in [0.717, 1.165) is 5.69 Å². The van der Waals surface area contributed by atoms with Gasteiger partial charge in [0.2, 0.25) is 5.82 Å². The highest BCUT2D eigenvalue weighted by Gasteiger charge is 2.12. The third kappa shape index (κ3) is 2.02. The average Bonchev–Trinajstić information content (AvgIpc) is 2.65. The van der Waals surface area contributed by atoms with Crippen molar-refractivity contribution in [3.63, 3.8) is 0 Å². The van der Waals surface area contributed by atoms with E-state index in [1.54, 1.807) is 6.07 Å². The van der Waals surface area contributed by atoms with Crippen LogP contribution in [-0.2, 0) is 11.3 Å². The summed E-state index contributed by atoms with van der Waals surface area (Å²) in [5.74, 6) is -0.646. The Kier molecular flexibility index (Phi) is 2.59. The third-order valence-corrected chi connectivity index (χ3v) is 1.93. The lowest BCUT2D eigenvalue weighted by atomic mass is 10.3. The molecule has 0 saturated carbocycles. The van der Waals surface area contributed by atoms with Crippen LogP contribution in [0, 0.1) is 6.92 Å². The molecule has 0 saturated heterocycles. The summed E-state index contributed by atoms with van der Waals surface area (Å²) in [6, 6.07) is 5.39. The Hall–Kier alpha value is -2.31. The number of hydrogen-bond donors (Lipinski definition) is 1. The Morgan fingerprint density at radius 2 is 2.31 bits per heavy atom. The van der Waals surface area contributed by atoms with Crippen LogP contribution in [0.4, 0.5) is 0 Å². The summed E-state index contributed by atoms with van der Waals surface area (Å²) in [4.78, 5) is 14.8. The number of aryl methyl sites for hydroxylation is 1. The van der Waals surface area contributed by atoms with Gasteiger partial charge in [-0.1, -0.05) is 6.07 Å². The summed E-state index contributed by atoms with van der Waals surface area (Å²) in [7, 11) is 0. The second-order valence-electron chi connectivity index (χ2n) is 3.22. The number of hydrogen-bond acceptors (Lipinski definition) is 5. The summed E-state index contributed by atoms with van der Waals surface area (Å²) in [5, 5.41) is 19.5. The molecule has 0 spiro atoms. The lowest BCUT2D eigenvalue weighted by Crippen LogP contribution is -2.12. The van der Waals surface area contributed by atoms with Crippen LogP contribution in [0.3, 0.4) is 0 Å². The third-order valence-electron chi connectivity index (χ3n) is 1.93. The van der Waals surface area contributed by atoms with Crippen molar-refractivity contribution < 1.29 is 9.90 Å². The summed E-state index contributed by atoms with van der Waals surface area (Å²) in [6.07, 6.45) is 0. The minimum atomic E-state index is -0.999. The van der Waals surface area contributed by atoms with Gasteiger partial charge in [0.1, 0.15) is 12.2 Å². The normalized spacial score (nSPS) is 10.3. The second-order valence-corrected chi connectivity index (χ2v) is 3.22. The maximum absolute atomic E-state index is 10.6. The molecule has 0 radical (unpaired) electrons. The standard InChI is InChI=1S/C9H9N5O2/c1-6-3-2-4-7(10-6)9-11-12-13-14(9)5-8(15)16/h2-4H,5H2,1H3,(H,15,16). The predicted octanol–water partition coefficient (Wildman–Crippen LogP) is 0.128. The Morgan fingerprint density at radius 3 is 3.00 bits per heavy atom. The average molecular weight is 219 g/mol. The largest absolute Gasteiger partial charge is 0.480 e. The van der Waals surface area contributed by atoms with Crippen molar-refractivity contribution in [3.05, 3.63) is 23.9 Å². The minimum Gasteiger partial charge on any atom is -0.480 e. The van der Waals surface area contributed by atoms with Crippen LogP contribution in [-0.4, -0.2) is 36.3 Å². The number of nitrogens with zero attached hydrogens (tertiary/aromatic N) is 5. The first-order valence-corrected chi connectivity index (χ1v) is 4.59. The van der Waals surface area contributed by atoms with E-state index in [0.29, 0.717) is 11.5 Å². The Bertz CT molecular complexity index is 522. The first-order chi connectivity index (χ1) is 7.66. The molecule has 2 rings (SSSR count). The minimum absolute atomic E-state index is 0.280. The molecule has 7 nitrogen and oxygen atoms in total. The lowest BCUT2D eigenvalue weighted by molar-refractivity contribution is -0.137. The van der Waals surface area contributed by atoms with Gasteiger partial charge in [-0.2, -0.15) is 0 Å². The molecule has 0 aliphatic rings. The smallest absolute Gasteiger partial charge is 0.325 e. The van der Waals surface area contributed by atoms with Gasteiger partial charge in [-0.3, -0.25) is 4.79 Å². The number of tetrazole rings is 1. The second kappa shape index (κ2) is 4.05. The SMILES string of the molecule is Cc1cccc(-c2nnnn2CC(=O)O)n1. The van der Waals surface area contributed by atoms with Crippen molar-refractivity contribution in [2.75, 3.05) is 0 Å². The summed E-state index contributed by atoms with van der Waals surface area (Å²) < 4.78 is 1.20. The van der Waals surface area contributed by atoms with Crippen LogP contribution in [0.5, 0.6) is 0 Å². The zero-order valence-electron chi connectivity index (χ0n) is 8.53. The molecule has 2 aromatic rings. The maximum atomic E-state index is 10.6. The van der Waals surface area contributed by atoms with Crippen molar-refractivity contribution in [3.8, 4) is 11.5 Å². The molecule has 1 N–H and O–H groups in total. The van der Waals surface area contributed by atoms with E-state index in [1.807, 2.05) is 19.1 Å². The number of aromatic nitrogens is 5. The van der Waals surface area contributed by atoms with Crippen molar-refractivity contribution in [2.24, 2.45) is 0 Å². The number of carbonyl (C=O) groups is 1. The fourth-order valence-electron chi connectivity index (χ4n) is 1.29. The van der Waals surface area contributed by atoms with Crippen molar-refractivity contribution in [1.82, 2.24) is 25.2 Å². The molecule has 16 heavy (non-hydrogen) atoms. The topological polar surface area (TPSA) is 93.8 Å². The fraction of sp³-hybridized carbons (Fsp3) is 0.222. The van der Waals surface area contributed by atoms with Gasteiger partial charge >= 0.3 is 5.97 Å². The Balaban J connectivity index is 2.40. The van der Waals surface area contributed by atoms with Crippen LogP contribution in [0.2, 0.25) is 0 Å². The first kappa shape index (κ1) is 10.2. The molecule has 82 valence electrons. The molecule has 0 atom stereocenters. The van der Waals surface area contributed by atoms with Gasteiger partial charge < -0.3 is 5.11 Å². The molecule has 0 unspecified atom stereocenters. The van der Waals surface area contributed by atoms with Gasteiger partial charge in [0.15, 0.2) is 0 Å². The fourth-order valence-corrected chi connectivity index (χ4v) is 1.29. The van der Waals surface area contributed by atoms with Crippen molar-refractivity contribution in [1.29, 1.82) is 0 Å². The molecule has 0 amide bonds. The molecule has 2 heterocycles. The highest BCUT2D eigenvalue weighted by Crippen LogP contribution is 2.12. The summed E-state index contributed by atoms with van der Waals surface area (Å²) in [5.41, 5.74) is 1.38. The van der Waals surface area contributed by atoms with E-state index in [-0.39, 0.29) is 6.54 Å². The van der Waals surface area contributed by atoms with E-state index < -0.39 is 5.97 Å². The van der Waals surface area contributed by atoms with Crippen molar-refractivity contribution in [2.45, 2.75) is 13.5 Å². The number of rotatable bonds is 3. The van der Waals surface area contributed by atoms with Gasteiger partial charge in [0.05, 0.1) is 0 Å². The number of carboxylic acid groups (broad SMARTS) is 1. The van der Waals surface area contributed by atoms with Gasteiger partial charge in [-0.05, 0) is 29.5 Å². The van der Waals surface area contributed by atoms with Gasteiger partial charge in [-0.25, -0.2) is 9.67 Å². The Morgan fingerprint density at radius 1 is 1.50 bits per heavy atom. The first-order valence-electron chi connectivity index (χ1n) is 4.59. The molecule has 0 aromatic carbocycles. The molecule has 0 fully saturated rings. The van der Waals surface area contributed by atoms with Gasteiger partial charge in [-0.15, -0.1) is 5.10 Å². The maximum Gasteiger partial charge on any atom is 0.325 e. The predicted molar refractivity (Wildman–Crippen MR) is 53.4 cm³/mol. The molecule has 7 heteroatoms. The number of carboxylic acids is 1. The molecular formula is C9H9N5O2. The van der Waals surface area contributed by atoms with E-state index in [4.69, 9.17) is 5.11 Å². The van der Waals surface area contributed by atoms with Crippen LogP contribution >= 0.6 is 0 Å². The monoisotopic (exact) mass is 219 g/mol. The highest BCUT2D eigenvalue weighted by atomic mass is 16.4. The van der Waals surface area contributed by atoms with Gasteiger partial charge in [0, 0.05) is 5.69 Å².